The fourth-order valence-corrected chi connectivity index (χ4v) is 2.83. The smallest absolute Gasteiger partial charge is 0.322 e. The first-order valence-corrected chi connectivity index (χ1v) is 8.84. The van der Waals surface area contributed by atoms with E-state index in [4.69, 9.17) is 0 Å². The Morgan fingerprint density at radius 1 is 1.33 bits per heavy atom. The minimum Gasteiger partial charge on any atom is -0.480 e. The molecule has 1 aromatic carbocycles. The highest BCUT2D eigenvalue weighted by Crippen LogP contribution is 2.11. The Kier molecular flexibility index (Phi) is 7.43. The van der Waals surface area contributed by atoms with Crippen LogP contribution in [0.4, 0.5) is 0 Å². The Morgan fingerprint density at radius 2 is 1.96 bits per heavy atom. The molecule has 0 fully saturated rings. The lowest BCUT2D eigenvalue weighted by Gasteiger charge is -2.12. The van der Waals surface area contributed by atoms with Crippen molar-refractivity contribution in [1.82, 2.24) is 4.72 Å². The molecule has 0 aliphatic heterocycles. The van der Waals surface area contributed by atoms with Crippen LogP contribution in [0.15, 0.2) is 53.0 Å². The van der Waals surface area contributed by atoms with Gasteiger partial charge in [0.25, 0.3) is 0 Å². The van der Waals surface area contributed by atoms with Gasteiger partial charge in [-0.25, -0.2) is 8.42 Å². The van der Waals surface area contributed by atoms with E-state index in [1.54, 1.807) is 24.3 Å². The standard InChI is InChI=1S/C18H21NO4S/c1-4-14(2)8-6-5-7-9-17(18(20)21)19-24(22,23)16-12-10-15(3)11-13-16/h4,6,8,10-13,17,19H,9H2,1-3H3,(H,20,21). The number of hydrogen-bond acceptors (Lipinski definition) is 3. The van der Waals surface area contributed by atoms with Gasteiger partial charge in [0, 0.05) is 6.42 Å². The van der Waals surface area contributed by atoms with Crippen molar-refractivity contribution >= 4 is 16.0 Å². The van der Waals surface area contributed by atoms with E-state index in [9.17, 15) is 18.3 Å². The zero-order chi connectivity index (χ0) is 18.2. The summed E-state index contributed by atoms with van der Waals surface area (Å²) < 4.78 is 26.6. The van der Waals surface area contributed by atoms with E-state index in [1.807, 2.05) is 26.8 Å². The molecule has 128 valence electrons. The SMILES string of the molecule is CC=C(C)C=CC#CCC(NS(=O)(=O)c1ccc(C)cc1)C(=O)O. The highest BCUT2D eigenvalue weighted by atomic mass is 32.2. The maximum absolute atomic E-state index is 12.2. The maximum atomic E-state index is 12.2. The topological polar surface area (TPSA) is 83.5 Å². The number of allylic oxidation sites excluding steroid dienone is 4. The van der Waals surface area contributed by atoms with Crippen molar-refractivity contribution in [3.8, 4) is 11.8 Å². The van der Waals surface area contributed by atoms with Crippen molar-refractivity contribution in [1.29, 1.82) is 0 Å². The minimum absolute atomic E-state index is 0.0240. The second-order valence-corrected chi connectivity index (χ2v) is 6.93. The monoisotopic (exact) mass is 347 g/mol. The molecule has 0 spiro atoms. The second kappa shape index (κ2) is 9.06. The van der Waals surface area contributed by atoms with Crippen molar-refractivity contribution < 1.29 is 18.3 Å². The van der Waals surface area contributed by atoms with Gasteiger partial charge in [-0.3, -0.25) is 4.79 Å². The normalized spacial score (nSPS) is 13.4. The molecule has 0 bridgehead atoms. The summed E-state index contributed by atoms with van der Waals surface area (Å²) in [5.74, 6) is 4.09. The highest BCUT2D eigenvalue weighted by Gasteiger charge is 2.24. The van der Waals surface area contributed by atoms with Gasteiger partial charge in [-0.2, -0.15) is 4.72 Å². The summed E-state index contributed by atoms with van der Waals surface area (Å²) in [6.45, 7) is 5.64. The summed E-state index contributed by atoms with van der Waals surface area (Å²) in [4.78, 5) is 11.3. The minimum atomic E-state index is -3.91. The lowest BCUT2D eigenvalue weighted by Crippen LogP contribution is -2.40. The number of nitrogens with one attached hydrogen (secondary N) is 1. The van der Waals surface area contributed by atoms with Gasteiger partial charge in [0.05, 0.1) is 4.90 Å². The van der Waals surface area contributed by atoms with Crippen LogP contribution in [0.3, 0.4) is 0 Å². The molecule has 1 rings (SSSR count). The quantitative estimate of drug-likeness (QED) is 0.612. The first-order chi connectivity index (χ1) is 11.3. The van der Waals surface area contributed by atoms with Gasteiger partial charge in [-0.15, -0.1) is 0 Å². The number of hydrogen-bond donors (Lipinski definition) is 2. The van der Waals surface area contributed by atoms with Crippen LogP contribution in [0.1, 0.15) is 25.8 Å². The van der Waals surface area contributed by atoms with Gasteiger partial charge in [-0.05, 0) is 39.0 Å². The Hall–Kier alpha value is -2.36. The molecule has 5 nitrogen and oxygen atoms in total. The van der Waals surface area contributed by atoms with E-state index in [0.29, 0.717) is 0 Å². The van der Waals surface area contributed by atoms with Crippen molar-refractivity contribution in [2.75, 3.05) is 0 Å². The van der Waals surface area contributed by atoms with E-state index < -0.39 is 22.0 Å². The van der Waals surface area contributed by atoms with Gasteiger partial charge in [0.1, 0.15) is 6.04 Å². The van der Waals surface area contributed by atoms with Crippen LogP contribution in [0.2, 0.25) is 0 Å². The molecule has 0 saturated carbocycles. The summed E-state index contributed by atoms with van der Waals surface area (Å²) >= 11 is 0. The summed E-state index contributed by atoms with van der Waals surface area (Å²) in [5, 5.41) is 9.19. The number of rotatable bonds is 6. The number of benzene rings is 1. The van der Waals surface area contributed by atoms with Gasteiger partial charge < -0.3 is 5.11 Å². The molecule has 0 aliphatic carbocycles. The molecule has 0 aliphatic rings. The zero-order valence-electron chi connectivity index (χ0n) is 13.9. The Labute approximate surface area is 143 Å². The van der Waals surface area contributed by atoms with Gasteiger partial charge in [0.2, 0.25) is 10.0 Å². The van der Waals surface area contributed by atoms with Crippen LogP contribution >= 0.6 is 0 Å². The first kappa shape index (κ1) is 19.7. The number of carbonyl (C=O) groups is 1. The molecule has 0 heterocycles. The van der Waals surface area contributed by atoms with Crippen LogP contribution in [0.5, 0.6) is 0 Å². The van der Waals surface area contributed by atoms with Gasteiger partial charge in [0.15, 0.2) is 0 Å². The van der Waals surface area contributed by atoms with Crippen molar-refractivity contribution in [3.63, 3.8) is 0 Å². The molecule has 0 radical (unpaired) electrons. The first-order valence-electron chi connectivity index (χ1n) is 7.36. The van der Waals surface area contributed by atoms with Crippen LogP contribution in [0.25, 0.3) is 0 Å². The molecule has 1 atom stereocenters. The van der Waals surface area contributed by atoms with Crippen molar-refractivity contribution in [2.24, 2.45) is 0 Å². The molecule has 0 saturated heterocycles. The molecule has 1 aromatic rings. The summed E-state index contributed by atoms with van der Waals surface area (Å²) in [6.07, 6.45) is 5.18. The lowest BCUT2D eigenvalue weighted by molar-refractivity contribution is -0.138. The van der Waals surface area contributed by atoms with E-state index in [1.165, 1.54) is 12.1 Å². The number of sulfonamides is 1. The zero-order valence-corrected chi connectivity index (χ0v) is 14.7. The van der Waals surface area contributed by atoms with E-state index in [-0.39, 0.29) is 11.3 Å². The number of carboxylic acid groups (broad SMARTS) is 1. The lowest BCUT2D eigenvalue weighted by atomic mass is 10.2. The van der Waals surface area contributed by atoms with Crippen molar-refractivity contribution in [2.45, 2.75) is 38.1 Å². The van der Waals surface area contributed by atoms with E-state index >= 15 is 0 Å². The van der Waals surface area contributed by atoms with E-state index in [2.05, 4.69) is 16.6 Å². The molecule has 2 N–H and O–H groups in total. The number of aryl methyl sites for hydroxylation is 1. The third-order valence-electron chi connectivity index (χ3n) is 3.22. The average molecular weight is 347 g/mol. The maximum Gasteiger partial charge on any atom is 0.322 e. The van der Waals surface area contributed by atoms with Crippen LogP contribution in [-0.2, 0) is 14.8 Å². The predicted molar refractivity (Wildman–Crippen MR) is 93.9 cm³/mol. The van der Waals surface area contributed by atoms with Gasteiger partial charge in [-0.1, -0.05) is 47.3 Å². The summed E-state index contributed by atoms with van der Waals surface area (Å²) in [6, 6.07) is 4.87. The van der Waals surface area contributed by atoms with Crippen molar-refractivity contribution in [3.05, 3.63) is 53.6 Å². The third kappa shape index (κ3) is 6.41. The van der Waals surface area contributed by atoms with Crippen LogP contribution < -0.4 is 4.72 Å². The van der Waals surface area contributed by atoms with Crippen LogP contribution in [0, 0.1) is 18.8 Å². The molecule has 6 heteroatoms. The molecule has 0 aromatic heterocycles. The number of aliphatic carboxylic acids is 1. The molecule has 0 amide bonds. The molecule has 24 heavy (non-hydrogen) atoms. The third-order valence-corrected chi connectivity index (χ3v) is 4.71. The predicted octanol–water partition coefficient (Wildman–Crippen LogP) is 2.64. The Morgan fingerprint density at radius 3 is 2.50 bits per heavy atom. The second-order valence-electron chi connectivity index (χ2n) is 5.22. The largest absolute Gasteiger partial charge is 0.480 e. The van der Waals surface area contributed by atoms with E-state index in [0.717, 1.165) is 11.1 Å². The fraction of sp³-hybridized carbons (Fsp3) is 0.278. The summed E-state index contributed by atoms with van der Waals surface area (Å²) in [7, 11) is -3.91. The average Bonchev–Trinajstić information content (AvgIpc) is 2.53. The molecule has 1 unspecified atom stereocenters. The summed E-state index contributed by atoms with van der Waals surface area (Å²) in [5.41, 5.74) is 1.94. The molecular formula is C18H21NO4S. The fourth-order valence-electron chi connectivity index (χ4n) is 1.64. The van der Waals surface area contributed by atoms with Gasteiger partial charge >= 0.3 is 5.97 Å². The van der Waals surface area contributed by atoms with Crippen LogP contribution in [-0.4, -0.2) is 25.5 Å². The number of carboxylic acids is 1. The highest BCUT2D eigenvalue weighted by molar-refractivity contribution is 7.89. The Balaban J connectivity index is 2.83. The molecular weight excluding hydrogens is 326 g/mol. The Bertz CT molecular complexity index is 794.